The quantitative estimate of drug-likeness (QED) is 0.778. The number of hydrogen-bond donors (Lipinski definition) is 0. The molecule has 0 amide bonds. The van der Waals surface area contributed by atoms with Gasteiger partial charge in [0, 0.05) is 11.0 Å². The van der Waals surface area contributed by atoms with Gasteiger partial charge in [0.05, 0.1) is 5.56 Å². The molecule has 0 atom stereocenters. The predicted molar refractivity (Wildman–Crippen MR) is 68.2 cm³/mol. The van der Waals surface area contributed by atoms with E-state index in [9.17, 15) is 9.18 Å². The van der Waals surface area contributed by atoms with Crippen molar-refractivity contribution < 1.29 is 13.7 Å². The number of ketones is 1. The van der Waals surface area contributed by atoms with Crippen molar-refractivity contribution in [1.82, 2.24) is 10.1 Å². The summed E-state index contributed by atoms with van der Waals surface area (Å²) in [7, 11) is 0. The molecule has 0 bridgehead atoms. The first-order chi connectivity index (χ1) is 8.79. The number of benzene rings is 1. The van der Waals surface area contributed by atoms with Crippen LogP contribution in [0.15, 0.2) is 22.7 Å². The summed E-state index contributed by atoms with van der Waals surface area (Å²) in [5, 5.41) is 3.69. The topological polar surface area (TPSA) is 56.0 Å². The number of nitrogens with zero attached hydrogens (tertiary/aromatic N) is 2. The Labute approximate surface area is 110 Å². The molecule has 0 saturated heterocycles. The average Bonchev–Trinajstić information content (AvgIpc) is 2.73. The van der Waals surface area contributed by atoms with E-state index in [-0.39, 0.29) is 17.2 Å². The smallest absolute Gasteiger partial charge is 0.258 e. The van der Waals surface area contributed by atoms with Crippen LogP contribution in [0.3, 0.4) is 0 Å². The van der Waals surface area contributed by atoms with E-state index < -0.39 is 11.2 Å². The first-order valence-corrected chi connectivity index (χ1v) is 5.94. The highest BCUT2D eigenvalue weighted by Crippen LogP contribution is 2.29. The zero-order valence-corrected chi connectivity index (χ0v) is 11.3. The lowest BCUT2D eigenvalue weighted by atomic mass is 9.84. The molecule has 0 saturated carbocycles. The zero-order chi connectivity index (χ0) is 14.2. The van der Waals surface area contributed by atoms with Gasteiger partial charge >= 0.3 is 0 Å². The van der Waals surface area contributed by atoms with Crippen LogP contribution in [0.4, 0.5) is 4.39 Å². The lowest BCUT2D eigenvalue weighted by molar-refractivity contribution is 0.0858. The fourth-order valence-corrected chi connectivity index (χ4v) is 1.70. The Morgan fingerprint density at radius 2 is 2.00 bits per heavy atom. The molecular formula is C14H15FN2O2. The largest absolute Gasteiger partial charge is 0.334 e. The second kappa shape index (κ2) is 4.57. The maximum atomic E-state index is 13.4. The second-order valence-corrected chi connectivity index (χ2v) is 5.42. The summed E-state index contributed by atoms with van der Waals surface area (Å²) in [6.07, 6.45) is 0. The first-order valence-electron chi connectivity index (χ1n) is 5.94. The number of carbonyl (C=O) groups is 1. The van der Waals surface area contributed by atoms with E-state index in [0.29, 0.717) is 11.4 Å². The van der Waals surface area contributed by atoms with Gasteiger partial charge in [0.1, 0.15) is 5.82 Å². The highest BCUT2D eigenvalue weighted by molar-refractivity contribution is 6.04. The zero-order valence-electron chi connectivity index (χ0n) is 11.3. The SMILES string of the molecule is Cc1noc(-c2ccc(F)cc2C(=O)C(C)(C)C)n1. The fourth-order valence-electron chi connectivity index (χ4n) is 1.70. The van der Waals surface area contributed by atoms with Crippen molar-refractivity contribution in [3.63, 3.8) is 0 Å². The average molecular weight is 262 g/mol. The summed E-state index contributed by atoms with van der Waals surface area (Å²) in [6.45, 7) is 7.02. The van der Waals surface area contributed by atoms with Crippen LogP contribution < -0.4 is 0 Å². The molecule has 1 aromatic heterocycles. The molecule has 0 spiro atoms. The van der Waals surface area contributed by atoms with Gasteiger partial charge in [0.2, 0.25) is 0 Å². The Kier molecular flexibility index (Phi) is 3.22. The molecule has 100 valence electrons. The minimum atomic E-state index is -0.613. The summed E-state index contributed by atoms with van der Waals surface area (Å²) < 4.78 is 18.5. The Hall–Kier alpha value is -2.04. The van der Waals surface area contributed by atoms with E-state index in [4.69, 9.17) is 4.52 Å². The molecule has 0 aliphatic heterocycles. The van der Waals surface area contributed by atoms with Gasteiger partial charge in [-0.2, -0.15) is 4.98 Å². The van der Waals surface area contributed by atoms with Gasteiger partial charge < -0.3 is 4.52 Å². The maximum absolute atomic E-state index is 13.4. The molecule has 5 heteroatoms. The summed E-state index contributed by atoms with van der Waals surface area (Å²) in [4.78, 5) is 16.4. The predicted octanol–water partition coefficient (Wildman–Crippen LogP) is 3.41. The van der Waals surface area contributed by atoms with Crippen molar-refractivity contribution in [3.8, 4) is 11.5 Å². The third-order valence-electron chi connectivity index (χ3n) is 2.67. The van der Waals surface area contributed by atoms with Crippen molar-refractivity contribution in [3.05, 3.63) is 35.4 Å². The van der Waals surface area contributed by atoms with Crippen LogP contribution in [0.2, 0.25) is 0 Å². The summed E-state index contributed by atoms with van der Waals surface area (Å²) >= 11 is 0. The van der Waals surface area contributed by atoms with Crippen LogP contribution >= 0.6 is 0 Å². The van der Waals surface area contributed by atoms with Crippen molar-refractivity contribution in [2.45, 2.75) is 27.7 Å². The van der Waals surface area contributed by atoms with Gasteiger partial charge in [0.15, 0.2) is 11.6 Å². The number of aromatic nitrogens is 2. The number of halogens is 1. The molecule has 0 fully saturated rings. The standard InChI is InChI=1S/C14H15FN2O2/c1-8-16-13(19-17-8)10-6-5-9(15)7-11(10)12(18)14(2,3)4/h5-7H,1-4H3. The van der Waals surface area contributed by atoms with E-state index in [1.807, 2.05) is 0 Å². The normalized spacial score (nSPS) is 11.6. The lowest BCUT2D eigenvalue weighted by Gasteiger charge is -2.18. The van der Waals surface area contributed by atoms with E-state index in [1.165, 1.54) is 18.2 Å². The summed E-state index contributed by atoms with van der Waals surface area (Å²) in [5.74, 6) is 0.0593. The molecule has 0 aliphatic rings. The van der Waals surface area contributed by atoms with Gasteiger partial charge in [-0.25, -0.2) is 4.39 Å². The van der Waals surface area contributed by atoms with Gasteiger partial charge in [0.25, 0.3) is 5.89 Å². The molecule has 1 heterocycles. The van der Waals surface area contributed by atoms with Gasteiger partial charge in [-0.3, -0.25) is 4.79 Å². The van der Waals surface area contributed by atoms with Crippen LogP contribution in [0.25, 0.3) is 11.5 Å². The molecule has 1 aromatic carbocycles. The monoisotopic (exact) mass is 262 g/mol. The third kappa shape index (κ3) is 2.70. The Bertz CT molecular complexity index is 627. The van der Waals surface area contributed by atoms with Crippen molar-refractivity contribution in [1.29, 1.82) is 0 Å². The number of aryl methyl sites for hydroxylation is 1. The minimum absolute atomic E-state index is 0.169. The number of rotatable bonds is 2. The molecule has 19 heavy (non-hydrogen) atoms. The van der Waals surface area contributed by atoms with Crippen LogP contribution in [-0.4, -0.2) is 15.9 Å². The van der Waals surface area contributed by atoms with E-state index in [0.717, 1.165) is 0 Å². The number of carbonyl (C=O) groups excluding carboxylic acids is 1. The van der Waals surface area contributed by atoms with Crippen LogP contribution in [0.5, 0.6) is 0 Å². The Balaban J connectivity index is 2.59. The molecule has 4 nitrogen and oxygen atoms in total. The third-order valence-corrected chi connectivity index (χ3v) is 2.67. The molecule has 0 radical (unpaired) electrons. The molecular weight excluding hydrogens is 247 g/mol. The van der Waals surface area contributed by atoms with E-state index in [1.54, 1.807) is 27.7 Å². The van der Waals surface area contributed by atoms with E-state index in [2.05, 4.69) is 10.1 Å². The number of hydrogen-bond acceptors (Lipinski definition) is 4. The van der Waals surface area contributed by atoms with Crippen molar-refractivity contribution in [2.24, 2.45) is 5.41 Å². The van der Waals surface area contributed by atoms with Crippen LogP contribution in [0, 0.1) is 18.2 Å². The highest BCUT2D eigenvalue weighted by atomic mass is 19.1. The summed E-state index contributed by atoms with van der Waals surface area (Å²) in [5.41, 5.74) is 0.107. The minimum Gasteiger partial charge on any atom is -0.334 e. The molecule has 0 N–H and O–H groups in total. The van der Waals surface area contributed by atoms with Crippen molar-refractivity contribution in [2.75, 3.05) is 0 Å². The molecule has 2 aromatic rings. The van der Waals surface area contributed by atoms with Gasteiger partial charge in [-0.1, -0.05) is 25.9 Å². The van der Waals surface area contributed by atoms with Crippen molar-refractivity contribution >= 4 is 5.78 Å². The molecule has 0 aliphatic carbocycles. The Morgan fingerprint density at radius 3 is 2.53 bits per heavy atom. The molecule has 2 rings (SSSR count). The van der Waals surface area contributed by atoms with E-state index >= 15 is 0 Å². The van der Waals surface area contributed by atoms with Crippen LogP contribution in [0.1, 0.15) is 37.0 Å². The maximum Gasteiger partial charge on any atom is 0.258 e. The first kappa shape index (κ1) is 13.4. The van der Waals surface area contributed by atoms with Crippen LogP contribution in [-0.2, 0) is 0 Å². The summed E-state index contributed by atoms with van der Waals surface area (Å²) in [6, 6.07) is 3.97. The van der Waals surface area contributed by atoms with Gasteiger partial charge in [-0.05, 0) is 25.1 Å². The number of Topliss-reactive ketones (excluding diaryl/α,β-unsaturated/α-hetero) is 1. The molecule has 0 unspecified atom stereocenters. The Morgan fingerprint density at radius 1 is 1.32 bits per heavy atom. The lowest BCUT2D eigenvalue weighted by Crippen LogP contribution is -2.21. The van der Waals surface area contributed by atoms with Gasteiger partial charge in [-0.15, -0.1) is 0 Å². The second-order valence-electron chi connectivity index (χ2n) is 5.42. The fraction of sp³-hybridized carbons (Fsp3) is 0.357. The highest BCUT2D eigenvalue weighted by Gasteiger charge is 2.27.